The molecule has 0 fully saturated rings. The molecule has 2 rings (SSSR count). The molecule has 0 aliphatic rings. The number of carbonyl (C=O) groups excluding carboxylic acids is 1. The normalized spacial score (nSPS) is 10.9. The van der Waals surface area contributed by atoms with Gasteiger partial charge in [0.1, 0.15) is 5.15 Å². The number of hydrogen-bond acceptors (Lipinski definition) is 5. The van der Waals surface area contributed by atoms with Crippen molar-refractivity contribution in [1.29, 1.82) is 0 Å². The van der Waals surface area contributed by atoms with E-state index in [1.54, 1.807) is 31.4 Å². The second kappa shape index (κ2) is 8.31. The molecule has 1 N–H and O–H groups in total. The third-order valence-electron chi connectivity index (χ3n) is 2.93. The Balaban J connectivity index is 2.06. The number of ether oxygens (including phenoxy) is 2. The number of benzene rings is 1. The van der Waals surface area contributed by atoms with Gasteiger partial charge in [-0.25, -0.2) is 10.4 Å². The number of nitrogens with one attached hydrogen (secondary N) is 1. The summed E-state index contributed by atoms with van der Waals surface area (Å²) in [4.78, 5) is 15.8. The van der Waals surface area contributed by atoms with Crippen molar-refractivity contribution in [3.63, 3.8) is 0 Å². The third kappa shape index (κ3) is 4.70. The quantitative estimate of drug-likeness (QED) is 0.494. The molecule has 24 heavy (non-hydrogen) atoms. The van der Waals surface area contributed by atoms with Crippen LogP contribution in [0.1, 0.15) is 29.8 Å². The molecule has 1 aromatic carbocycles. The number of rotatable bonds is 6. The van der Waals surface area contributed by atoms with Crippen LogP contribution in [-0.4, -0.2) is 30.3 Å². The fourth-order valence-corrected chi connectivity index (χ4v) is 2.10. The van der Waals surface area contributed by atoms with Gasteiger partial charge in [-0.1, -0.05) is 11.6 Å². The van der Waals surface area contributed by atoms with E-state index in [2.05, 4.69) is 15.5 Å². The zero-order valence-corrected chi connectivity index (χ0v) is 14.4. The van der Waals surface area contributed by atoms with Crippen LogP contribution in [0.2, 0.25) is 5.15 Å². The van der Waals surface area contributed by atoms with Gasteiger partial charge in [0.2, 0.25) is 0 Å². The molecule has 0 saturated heterocycles. The molecule has 0 aliphatic carbocycles. The lowest BCUT2D eigenvalue weighted by molar-refractivity contribution is 0.0955. The van der Waals surface area contributed by atoms with Gasteiger partial charge in [0, 0.05) is 6.20 Å². The predicted molar refractivity (Wildman–Crippen MR) is 93.1 cm³/mol. The lowest BCUT2D eigenvalue weighted by Gasteiger charge is -2.13. The Bertz CT molecular complexity index is 748. The highest BCUT2D eigenvalue weighted by molar-refractivity contribution is 6.32. The number of halogens is 1. The SMILES string of the molecule is COc1cc(C=NNC(=O)c2cccnc2Cl)ccc1OC(C)C. The van der Waals surface area contributed by atoms with E-state index in [0.29, 0.717) is 11.5 Å². The monoisotopic (exact) mass is 347 g/mol. The molecule has 1 heterocycles. The number of hydrazone groups is 1. The first-order chi connectivity index (χ1) is 11.5. The van der Waals surface area contributed by atoms with Crippen LogP contribution in [0.4, 0.5) is 0 Å². The molecule has 7 heteroatoms. The Labute approximate surface area is 145 Å². The van der Waals surface area contributed by atoms with E-state index in [1.165, 1.54) is 12.4 Å². The van der Waals surface area contributed by atoms with Gasteiger partial charge in [0.05, 0.1) is 25.0 Å². The van der Waals surface area contributed by atoms with Crippen molar-refractivity contribution in [3.05, 3.63) is 52.8 Å². The van der Waals surface area contributed by atoms with Crippen LogP contribution in [0.3, 0.4) is 0 Å². The molecule has 0 saturated carbocycles. The lowest BCUT2D eigenvalue weighted by atomic mass is 10.2. The number of nitrogens with zero attached hydrogens (tertiary/aromatic N) is 2. The number of hydrogen-bond donors (Lipinski definition) is 1. The Kier molecular flexibility index (Phi) is 6.14. The van der Waals surface area contributed by atoms with Crippen LogP contribution in [0.5, 0.6) is 11.5 Å². The maximum Gasteiger partial charge on any atom is 0.274 e. The minimum atomic E-state index is -0.434. The number of pyridine rings is 1. The van der Waals surface area contributed by atoms with Crippen molar-refractivity contribution in [3.8, 4) is 11.5 Å². The highest BCUT2D eigenvalue weighted by atomic mass is 35.5. The second-order valence-corrected chi connectivity index (χ2v) is 5.48. The number of aromatic nitrogens is 1. The smallest absolute Gasteiger partial charge is 0.274 e. The molecule has 0 atom stereocenters. The van der Waals surface area contributed by atoms with E-state index in [-0.39, 0.29) is 16.8 Å². The Morgan fingerprint density at radius 1 is 1.33 bits per heavy atom. The van der Waals surface area contributed by atoms with Gasteiger partial charge in [-0.15, -0.1) is 0 Å². The Hall–Kier alpha value is -2.60. The van der Waals surface area contributed by atoms with Crippen LogP contribution < -0.4 is 14.9 Å². The van der Waals surface area contributed by atoms with Crippen molar-refractivity contribution < 1.29 is 14.3 Å². The first-order valence-electron chi connectivity index (χ1n) is 7.30. The maximum absolute atomic E-state index is 12.0. The topological polar surface area (TPSA) is 72.8 Å². The lowest BCUT2D eigenvalue weighted by Crippen LogP contribution is -2.18. The van der Waals surface area contributed by atoms with Crippen LogP contribution in [-0.2, 0) is 0 Å². The van der Waals surface area contributed by atoms with Gasteiger partial charge < -0.3 is 9.47 Å². The molecule has 0 aliphatic heterocycles. The minimum Gasteiger partial charge on any atom is -0.493 e. The highest BCUT2D eigenvalue weighted by Gasteiger charge is 2.09. The van der Waals surface area contributed by atoms with E-state index in [9.17, 15) is 4.79 Å². The summed E-state index contributed by atoms with van der Waals surface area (Å²) in [6.45, 7) is 3.88. The molecular weight excluding hydrogens is 330 g/mol. The summed E-state index contributed by atoms with van der Waals surface area (Å²) >= 11 is 5.86. The first-order valence-corrected chi connectivity index (χ1v) is 7.67. The predicted octanol–water partition coefficient (Wildman–Crippen LogP) is 3.29. The van der Waals surface area contributed by atoms with E-state index >= 15 is 0 Å². The van der Waals surface area contributed by atoms with E-state index < -0.39 is 5.91 Å². The van der Waals surface area contributed by atoms with Crippen LogP contribution >= 0.6 is 11.6 Å². The standard InChI is InChI=1S/C17H18ClN3O3/c1-11(2)24-14-7-6-12(9-15(14)23-3)10-20-21-17(22)13-5-4-8-19-16(13)18/h4-11H,1-3H3,(H,21,22). The van der Waals surface area contributed by atoms with E-state index in [1.807, 2.05) is 19.9 Å². The first kappa shape index (κ1) is 17.7. The fourth-order valence-electron chi connectivity index (χ4n) is 1.90. The molecule has 0 unspecified atom stereocenters. The van der Waals surface area contributed by atoms with Gasteiger partial charge in [-0.2, -0.15) is 5.10 Å². The summed E-state index contributed by atoms with van der Waals surface area (Å²) in [5.41, 5.74) is 3.42. The number of methoxy groups -OCH3 is 1. The molecule has 126 valence electrons. The third-order valence-corrected chi connectivity index (χ3v) is 3.23. The van der Waals surface area contributed by atoms with Crippen LogP contribution in [0.25, 0.3) is 0 Å². The second-order valence-electron chi connectivity index (χ2n) is 5.12. The molecule has 6 nitrogen and oxygen atoms in total. The van der Waals surface area contributed by atoms with Crippen molar-refractivity contribution in [1.82, 2.24) is 10.4 Å². The van der Waals surface area contributed by atoms with Gasteiger partial charge in [-0.05, 0) is 49.7 Å². The summed E-state index contributed by atoms with van der Waals surface area (Å²) in [5, 5.41) is 4.04. The van der Waals surface area contributed by atoms with Crippen molar-refractivity contribution in [2.75, 3.05) is 7.11 Å². The zero-order valence-electron chi connectivity index (χ0n) is 13.6. The summed E-state index contributed by atoms with van der Waals surface area (Å²) in [6, 6.07) is 8.57. The molecule has 0 bridgehead atoms. The molecule has 1 amide bonds. The van der Waals surface area contributed by atoms with Crippen LogP contribution in [0, 0.1) is 0 Å². The number of amides is 1. The molecule has 0 spiro atoms. The zero-order chi connectivity index (χ0) is 17.5. The number of carbonyl (C=O) groups is 1. The van der Waals surface area contributed by atoms with Crippen molar-refractivity contribution in [2.45, 2.75) is 20.0 Å². The molecule has 2 aromatic rings. The maximum atomic E-state index is 12.0. The summed E-state index contributed by atoms with van der Waals surface area (Å²) in [7, 11) is 1.57. The van der Waals surface area contributed by atoms with Crippen molar-refractivity contribution in [2.24, 2.45) is 5.10 Å². The Morgan fingerprint density at radius 3 is 2.79 bits per heavy atom. The summed E-state index contributed by atoms with van der Waals surface area (Å²) in [6.07, 6.45) is 3.06. The van der Waals surface area contributed by atoms with E-state index in [0.717, 1.165) is 5.56 Å². The molecule has 1 aromatic heterocycles. The highest BCUT2D eigenvalue weighted by Crippen LogP contribution is 2.28. The minimum absolute atomic E-state index is 0.0435. The molecular formula is C17H18ClN3O3. The van der Waals surface area contributed by atoms with Crippen LogP contribution in [0.15, 0.2) is 41.6 Å². The molecule has 0 radical (unpaired) electrons. The summed E-state index contributed by atoms with van der Waals surface area (Å²) in [5.74, 6) is 0.807. The average Bonchev–Trinajstić information content (AvgIpc) is 2.56. The Morgan fingerprint density at radius 2 is 2.12 bits per heavy atom. The van der Waals surface area contributed by atoms with Gasteiger partial charge in [-0.3, -0.25) is 4.79 Å². The summed E-state index contributed by atoms with van der Waals surface area (Å²) < 4.78 is 10.9. The van der Waals surface area contributed by atoms with Gasteiger partial charge >= 0.3 is 0 Å². The average molecular weight is 348 g/mol. The van der Waals surface area contributed by atoms with Gasteiger partial charge in [0.25, 0.3) is 5.91 Å². The largest absolute Gasteiger partial charge is 0.493 e. The van der Waals surface area contributed by atoms with Crippen molar-refractivity contribution >= 4 is 23.7 Å². The van der Waals surface area contributed by atoms with E-state index in [4.69, 9.17) is 21.1 Å². The van der Waals surface area contributed by atoms with Gasteiger partial charge in [0.15, 0.2) is 11.5 Å². The fraction of sp³-hybridized carbons (Fsp3) is 0.235.